The highest BCUT2D eigenvalue weighted by atomic mass is 79.9. The molecule has 1 nitrogen and oxygen atoms in total. The van der Waals surface area contributed by atoms with Gasteiger partial charge in [0.1, 0.15) is 0 Å². The summed E-state index contributed by atoms with van der Waals surface area (Å²) in [6, 6.07) is 6.06. The first kappa shape index (κ1) is 14.5. The van der Waals surface area contributed by atoms with Gasteiger partial charge in [0.05, 0.1) is 6.10 Å². The molecule has 0 saturated heterocycles. The fraction of sp³-hybridized carbons (Fsp3) is 0.600. The monoisotopic (exact) mass is 374 g/mol. The van der Waals surface area contributed by atoms with Crippen LogP contribution in [0.5, 0.6) is 0 Å². The zero-order valence-corrected chi connectivity index (χ0v) is 14.0. The smallest absolute Gasteiger partial charge is 0.0819 e. The number of rotatable bonds is 2. The first-order chi connectivity index (χ1) is 8.45. The summed E-state index contributed by atoms with van der Waals surface area (Å²) in [4.78, 5) is 0. The van der Waals surface area contributed by atoms with Crippen LogP contribution in [0.25, 0.3) is 0 Å². The number of aliphatic hydroxyl groups excluding tert-OH is 1. The third kappa shape index (κ3) is 3.58. The Morgan fingerprint density at radius 3 is 2.00 bits per heavy atom. The normalized spacial score (nSPS) is 30.2. The predicted molar refractivity (Wildman–Crippen MR) is 82.5 cm³/mol. The van der Waals surface area contributed by atoms with Gasteiger partial charge in [-0.15, -0.1) is 0 Å². The van der Waals surface area contributed by atoms with E-state index in [0.29, 0.717) is 5.92 Å². The molecule has 18 heavy (non-hydrogen) atoms. The van der Waals surface area contributed by atoms with Crippen LogP contribution in [-0.2, 0) is 0 Å². The summed E-state index contributed by atoms with van der Waals surface area (Å²) in [7, 11) is 0. The van der Waals surface area contributed by atoms with Gasteiger partial charge in [0.15, 0.2) is 0 Å². The van der Waals surface area contributed by atoms with E-state index in [1.807, 2.05) is 18.2 Å². The van der Waals surface area contributed by atoms with E-state index in [1.165, 1.54) is 6.42 Å². The van der Waals surface area contributed by atoms with Crippen molar-refractivity contribution < 1.29 is 5.11 Å². The molecule has 2 rings (SSSR count). The van der Waals surface area contributed by atoms with Gasteiger partial charge in [-0.2, -0.15) is 0 Å². The Labute approximate surface area is 126 Å². The first-order valence-electron chi connectivity index (χ1n) is 6.59. The van der Waals surface area contributed by atoms with Crippen LogP contribution in [0.1, 0.15) is 44.8 Å². The van der Waals surface area contributed by atoms with Crippen LogP contribution in [0, 0.1) is 17.8 Å². The highest BCUT2D eigenvalue weighted by Crippen LogP contribution is 2.40. The fourth-order valence-electron chi connectivity index (χ4n) is 3.29. The van der Waals surface area contributed by atoms with Crippen molar-refractivity contribution in [3.8, 4) is 0 Å². The van der Waals surface area contributed by atoms with Crippen molar-refractivity contribution in [1.29, 1.82) is 0 Å². The zero-order chi connectivity index (χ0) is 13.3. The number of hydrogen-bond donors (Lipinski definition) is 1. The SMILES string of the molecule is CC1CC(C)CC(C(O)c2cc(Br)cc(Br)c2)C1. The molecule has 1 saturated carbocycles. The van der Waals surface area contributed by atoms with E-state index in [4.69, 9.17) is 0 Å². The summed E-state index contributed by atoms with van der Waals surface area (Å²) in [6.07, 6.45) is 3.22. The Bertz CT molecular complexity index is 389. The van der Waals surface area contributed by atoms with E-state index in [2.05, 4.69) is 45.7 Å². The predicted octanol–water partition coefficient (Wildman–Crippen LogP) is 5.32. The summed E-state index contributed by atoms with van der Waals surface area (Å²) < 4.78 is 2.03. The first-order valence-corrected chi connectivity index (χ1v) is 8.18. The van der Waals surface area contributed by atoms with Crippen LogP contribution < -0.4 is 0 Å². The van der Waals surface area contributed by atoms with Crippen molar-refractivity contribution >= 4 is 31.9 Å². The van der Waals surface area contributed by atoms with E-state index in [9.17, 15) is 5.11 Å². The standard InChI is InChI=1S/C15H20Br2O/c1-9-3-10(2)5-11(4-9)15(18)12-6-13(16)8-14(17)7-12/h6-11,15,18H,3-5H2,1-2H3. The van der Waals surface area contributed by atoms with E-state index in [1.54, 1.807) is 0 Å². The minimum atomic E-state index is -0.344. The van der Waals surface area contributed by atoms with Crippen LogP contribution in [0.15, 0.2) is 27.1 Å². The second kappa shape index (κ2) is 6.06. The molecule has 0 amide bonds. The highest BCUT2D eigenvalue weighted by Gasteiger charge is 2.29. The Kier molecular flexibility index (Phi) is 4.90. The third-order valence-corrected chi connectivity index (χ3v) is 4.80. The third-order valence-electron chi connectivity index (χ3n) is 3.89. The molecule has 3 unspecified atom stereocenters. The molecule has 0 aliphatic heterocycles. The summed E-state index contributed by atoms with van der Waals surface area (Å²) in [6.45, 7) is 4.60. The molecular formula is C15H20Br2O. The molecule has 100 valence electrons. The van der Waals surface area contributed by atoms with Crippen molar-refractivity contribution in [3.05, 3.63) is 32.7 Å². The van der Waals surface area contributed by atoms with E-state index < -0.39 is 0 Å². The lowest BCUT2D eigenvalue weighted by Crippen LogP contribution is -2.24. The van der Waals surface area contributed by atoms with Crippen molar-refractivity contribution in [1.82, 2.24) is 0 Å². The number of benzene rings is 1. The topological polar surface area (TPSA) is 20.2 Å². The summed E-state index contributed by atoms with van der Waals surface area (Å²) in [5.74, 6) is 1.85. The Balaban J connectivity index is 2.17. The molecule has 0 radical (unpaired) electrons. The minimum Gasteiger partial charge on any atom is -0.388 e. The van der Waals surface area contributed by atoms with Gasteiger partial charge in [0.25, 0.3) is 0 Å². The Morgan fingerprint density at radius 2 is 1.50 bits per heavy atom. The number of halogens is 2. The van der Waals surface area contributed by atoms with E-state index in [-0.39, 0.29) is 6.10 Å². The lowest BCUT2D eigenvalue weighted by molar-refractivity contribution is 0.0551. The van der Waals surface area contributed by atoms with E-state index in [0.717, 1.165) is 39.2 Å². The average molecular weight is 376 g/mol. The van der Waals surface area contributed by atoms with Gasteiger partial charge in [-0.3, -0.25) is 0 Å². The van der Waals surface area contributed by atoms with Crippen LogP contribution in [0.2, 0.25) is 0 Å². The lowest BCUT2D eigenvalue weighted by Gasteiger charge is -2.34. The highest BCUT2D eigenvalue weighted by molar-refractivity contribution is 9.11. The van der Waals surface area contributed by atoms with Gasteiger partial charge in [0, 0.05) is 8.95 Å². The van der Waals surface area contributed by atoms with Gasteiger partial charge in [0.2, 0.25) is 0 Å². The van der Waals surface area contributed by atoms with Crippen LogP contribution in [0.4, 0.5) is 0 Å². The molecule has 3 heteroatoms. The summed E-state index contributed by atoms with van der Waals surface area (Å²) >= 11 is 6.98. The van der Waals surface area contributed by atoms with Crippen LogP contribution >= 0.6 is 31.9 Å². The molecule has 1 N–H and O–H groups in total. The Hall–Kier alpha value is 0.140. The molecule has 0 spiro atoms. The van der Waals surface area contributed by atoms with Gasteiger partial charge >= 0.3 is 0 Å². The molecule has 1 aliphatic rings. The van der Waals surface area contributed by atoms with Crippen molar-refractivity contribution in [2.24, 2.45) is 17.8 Å². The maximum Gasteiger partial charge on any atom is 0.0819 e. The minimum absolute atomic E-state index is 0.344. The molecule has 1 aromatic carbocycles. The zero-order valence-electron chi connectivity index (χ0n) is 10.9. The van der Waals surface area contributed by atoms with E-state index >= 15 is 0 Å². The molecule has 3 atom stereocenters. The second-order valence-electron chi connectivity index (χ2n) is 5.83. The molecule has 1 aliphatic carbocycles. The largest absolute Gasteiger partial charge is 0.388 e. The van der Waals surface area contributed by atoms with Crippen molar-refractivity contribution in [2.45, 2.75) is 39.2 Å². The Morgan fingerprint density at radius 1 is 1.00 bits per heavy atom. The molecule has 1 aromatic rings. The average Bonchev–Trinajstić information content (AvgIpc) is 2.25. The van der Waals surface area contributed by atoms with Crippen molar-refractivity contribution in [2.75, 3.05) is 0 Å². The maximum absolute atomic E-state index is 10.6. The van der Waals surface area contributed by atoms with Gasteiger partial charge < -0.3 is 5.11 Å². The maximum atomic E-state index is 10.6. The number of aliphatic hydroxyl groups is 1. The van der Waals surface area contributed by atoms with Crippen LogP contribution in [0.3, 0.4) is 0 Å². The summed E-state index contributed by atoms with van der Waals surface area (Å²) in [5.41, 5.74) is 1.02. The van der Waals surface area contributed by atoms with Gasteiger partial charge in [-0.1, -0.05) is 45.7 Å². The van der Waals surface area contributed by atoms with Gasteiger partial charge in [-0.05, 0) is 60.8 Å². The molecule has 1 fully saturated rings. The lowest BCUT2D eigenvalue weighted by atomic mass is 9.73. The van der Waals surface area contributed by atoms with Crippen LogP contribution in [-0.4, -0.2) is 5.11 Å². The second-order valence-corrected chi connectivity index (χ2v) is 7.66. The molecule has 0 aromatic heterocycles. The molecule has 0 bridgehead atoms. The van der Waals surface area contributed by atoms with Crippen molar-refractivity contribution in [3.63, 3.8) is 0 Å². The molecule has 0 heterocycles. The quantitative estimate of drug-likeness (QED) is 0.741. The summed E-state index contributed by atoms with van der Waals surface area (Å²) in [5, 5.41) is 10.6. The number of hydrogen-bond acceptors (Lipinski definition) is 1. The van der Waals surface area contributed by atoms with Gasteiger partial charge in [-0.25, -0.2) is 0 Å². The fourth-order valence-corrected chi connectivity index (χ4v) is 4.61. The molecular weight excluding hydrogens is 356 g/mol.